The molecule has 1 aromatic carbocycles. The van der Waals surface area contributed by atoms with Gasteiger partial charge in [-0.15, -0.1) is 11.8 Å². The van der Waals surface area contributed by atoms with E-state index in [4.69, 9.17) is 5.73 Å². The number of hydrogen-bond donors (Lipinski definition) is 1. The van der Waals surface area contributed by atoms with Crippen LogP contribution in [0.15, 0.2) is 33.6 Å². The zero-order chi connectivity index (χ0) is 16.2. The van der Waals surface area contributed by atoms with Crippen molar-refractivity contribution in [1.29, 1.82) is 0 Å². The Morgan fingerprint density at radius 1 is 1.41 bits per heavy atom. The lowest BCUT2D eigenvalue weighted by Gasteiger charge is -2.42. The quantitative estimate of drug-likeness (QED) is 0.618. The van der Waals surface area contributed by atoms with Crippen LogP contribution in [0, 0.1) is 5.41 Å². The van der Waals surface area contributed by atoms with E-state index in [-0.39, 0.29) is 17.4 Å². The maximum atomic E-state index is 12.3. The Balaban J connectivity index is 1.70. The fraction of sp³-hybridized carbons (Fsp3) is 0.588. The van der Waals surface area contributed by atoms with Crippen LogP contribution < -0.4 is 5.73 Å². The summed E-state index contributed by atoms with van der Waals surface area (Å²) in [5.41, 5.74) is 6.15. The Labute approximate surface area is 146 Å². The Morgan fingerprint density at radius 2 is 2.09 bits per heavy atom. The highest BCUT2D eigenvalue weighted by molar-refractivity contribution is 9.10. The van der Waals surface area contributed by atoms with Crippen molar-refractivity contribution < 1.29 is 4.79 Å². The van der Waals surface area contributed by atoms with Gasteiger partial charge in [0.15, 0.2) is 0 Å². The summed E-state index contributed by atoms with van der Waals surface area (Å²) in [4.78, 5) is 15.6. The van der Waals surface area contributed by atoms with Gasteiger partial charge in [-0.2, -0.15) is 0 Å². The van der Waals surface area contributed by atoms with E-state index in [1.807, 2.05) is 17.0 Å². The number of nitrogens with two attached hydrogens (primary N) is 1. The number of rotatable bonds is 5. The second-order valence-electron chi connectivity index (χ2n) is 6.60. The van der Waals surface area contributed by atoms with Crippen molar-refractivity contribution >= 4 is 33.6 Å². The van der Waals surface area contributed by atoms with Crippen LogP contribution in [0.25, 0.3) is 0 Å². The summed E-state index contributed by atoms with van der Waals surface area (Å²) in [5, 5.41) is 0. The zero-order valence-electron chi connectivity index (χ0n) is 13.3. The molecular formula is C17H25BrN2OS. The molecule has 122 valence electrons. The van der Waals surface area contributed by atoms with Gasteiger partial charge in [-0.05, 0) is 48.3 Å². The number of benzene rings is 1. The van der Waals surface area contributed by atoms with Gasteiger partial charge in [0.05, 0.1) is 0 Å². The molecule has 1 amide bonds. The van der Waals surface area contributed by atoms with E-state index >= 15 is 0 Å². The molecule has 5 heteroatoms. The molecule has 22 heavy (non-hydrogen) atoms. The summed E-state index contributed by atoms with van der Waals surface area (Å²) in [6.45, 7) is 5.90. The van der Waals surface area contributed by atoms with Crippen molar-refractivity contribution in [2.75, 3.05) is 18.8 Å². The van der Waals surface area contributed by atoms with Gasteiger partial charge in [-0.1, -0.05) is 29.8 Å². The van der Waals surface area contributed by atoms with Crippen LogP contribution in [0.5, 0.6) is 0 Å². The van der Waals surface area contributed by atoms with Crippen LogP contribution in [0.3, 0.4) is 0 Å². The van der Waals surface area contributed by atoms with Crippen molar-refractivity contribution in [3.63, 3.8) is 0 Å². The third-order valence-corrected chi connectivity index (χ3v) is 5.91. The molecule has 3 nitrogen and oxygen atoms in total. The highest BCUT2D eigenvalue weighted by Gasteiger charge is 2.34. The number of amides is 1. The van der Waals surface area contributed by atoms with Crippen LogP contribution in [0.1, 0.15) is 33.1 Å². The Hall–Kier alpha value is -0.520. The molecule has 0 aromatic heterocycles. The molecular weight excluding hydrogens is 360 g/mol. The molecule has 0 aliphatic carbocycles. The average molecular weight is 385 g/mol. The molecule has 1 unspecified atom stereocenters. The van der Waals surface area contributed by atoms with Gasteiger partial charge in [-0.3, -0.25) is 4.79 Å². The van der Waals surface area contributed by atoms with Crippen molar-refractivity contribution in [2.45, 2.75) is 44.0 Å². The zero-order valence-corrected chi connectivity index (χ0v) is 15.8. The van der Waals surface area contributed by atoms with Crippen molar-refractivity contribution in [3.05, 3.63) is 28.7 Å². The summed E-state index contributed by atoms with van der Waals surface area (Å²) < 4.78 is 1.10. The standard InChI is InChI=1S/C17H25BrN2OS/c1-17(2)12-20(10-9-15(17)19)16(21)4-3-11-22-14-7-5-13(18)6-8-14/h5-8,15H,3-4,9-12,19H2,1-2H3. The molecule has 1 aliphatic rings. The predicted molar refractivity (Wildman–Crippen MR) is 97.1 cm³/mol. The van der Waals surface area contributed by atoms with Crippen LogP contribution in [-0.2, 0) is 4.79 Å². The second kappa shape index (κ2) is 7.84. The minimum Gasteiger partial charge on any atom is -0.342 e. The third-order valence-electron chi connectivity index (χ3n) is 4.28. The Bertz CT molecular complexity index is 504. The number of halogens is 1. The SMILES string of the molecule is CC1(C)CN(C(=O)CCCSc2ccc(Br)cc2)CCC1N. The van der Waals surface area contributed by atoms with Gasteiger partial charge in [-0.25, -0.2) is 0 Å². The Morgan fingerprint density at radius 3 is 2.73 bits per heavy atom. The molecule has 0 saturated carbocycles. The maximum absolute atomic E-state index is 12.3. The van der Waals surface area contributed by atoms with Crippen LogP contribution >= 0.6 is 27.7 Å². The molecule has 2 N–H and O–H groups in total. The third kappa shape index (κ3) is 5.00. The predicted octanol–water partition coefficient (Wildman–Crippen LogP) is 3.91. The second-order valence-corrected chi connectivity index (χ2v) is 8.69. The van der Waals surface area contributed by atoms with E-state index in [2.05, 4.69) is 41.9 Å². The summed E-state index contributed by atoms with van der Waals surface area (Å²) in [7, 11) is 0. The van der Waals surface area contributed by atoms with E-state index in [1.165, 1.54) is 4.90 Å². The molecule has 1 atom stereocenters. The molecule has 1 aromatic rings. The van der Waals surface area contributed by atoms with E-state index in [0.29, 0.717) is 6.42 Å². The summed E-state index contributed by atoms with van der Waals surface area (Å²) in [5.74, 6) is 1.25. The van der Waals surface area contributed by atoms with Gasteiger partial charge in [0.1, 0.15) is 0 Å². The normalized spacial score (nSPS) is 20.9. The number of thioether (sulfide) groups is 1. The molecule has 0 radical (unpaired) electrons. The largest absolute Gasteiger partial charge is 0.342 e. The lowest BCUT2D eigenvalue weighted by atomic mass is 9.79. The first-order valence-corrected chi connectivity index (χ1v) is 9.58. The number of carbonyl (C=O) groups excluding carboxylic acids is 1. The molecule has 0 bridgehead atoms. The first-order valence-electron chi connectivity index (χ1n) is 7.80. The van der Waals surface area contributed by atoms with E-state index in [0.717, 1.165) is 36.2 Å². The fourth-order valence-electron chi connectivity index (χ4n) is 2.69. The number of likely N-dealkylation sites (tertiary alicyclic amines) is 1. The topological polar surface area (TPSA) is 46.3 Å². The van der Waals surface area contributed by atoms with E-state index < -0.39 is 0 Å². The first kappa shape index (κ1) is 17.8. The first-order chi connectivity index (χ1) is 10.4. The highest BCUT2D eigenvalue weighted by atomic mass is 79.9. The lowest BCUT2D eigenvalue weighted by Crippen LogP contribution is -2.53. The van der Waals surface area contributed by atoms with Gasteiger partial charge in [0, 0.05) is 34.9 Å². The minimum absolute atomic E-state index is 0.0279. The van der Waals surface area contributed by atoms with Gasteiger partial charge in [0.25, 0.3) is 0 Å². The monoisotopic (exact) mass is 384 g/mol. The molecule has 2 rings (SSSR count). The number of piperidine rings is 1. The lowest BCUT2D eigenvalue weighted by molar-refractivity contribution is -0.134. The van der Waals surface area contributed by atoms with Crippen molar-refractivity contribution in [3.8, 4) is 0 Å². The van der Waals surface area contributed by atoms with Gasteiger partial charge >= 0.3 is 0 Å². The van der Waals surface area contributed by atoms with Crippen molar-refractivity contribution in [2.24, 2.45) is 11.1 Å². The molecule has 1 saturated heterocycles. The van der Waals surface area contributed by atoms with Gasteiger partial charge < -0.3 is 10.6 Å². The van der Waals surface area contributed by atoms with E-state index in [1.54, 1.807) is 11.8 Å². The molecule has 1 heterocycles. The summed E-state index contributed by atoms with van der Waals surface area (Å²) >= 11 is 5.24. The molecule has 1 aliphatic heterocycles. The Kier molecular flexibility index (Phi) is 6.36. The number of carbonyl (C=O) groups is 1. The van der Waals surface area contributed by atoms with Crippen molar-refractivity contribution in [1.82, 2.24) is 4.90 Å². The number of hydrogen-bond acceptors (Lipinski definition) is 3. The molecule has 0 spiro atoms. The minimum atomic E-state index is 0.0279. The maximum Gasteiger partial charge on any atom is 0.222 e. The fourth-order valence-corrected chi connectivity index (χ4v) is 3.81. The summed E-state index contributed by atoms with van der Waals surface area (Å²) in [6, 6.07) is 8.50. The number of nitrogens with zero attached hydrogens (tertiary/aromatic N) is 1. The summed E-state index contributed by atoms with van der Waals surface area (Å²) in [6.07, 6.45) is 2.46. The highest BCUT2D eigenvalue weighted by Crippen LogP contribution is 2.28. The van der Waals surface area contributed by atoms with E-state index in [9.17, 15) is 4.79 Å². The average Bonchev–Trinajstić information content (AvgIpc) is 2.48. The molecule has 1 fully saturated rings. The van der Waals surface area contributed by atoms with Crippen LogP contribution in [0.4, 0.5) is 0 Å². The van der Waals surface area contributed by atoms with Crippen LogP contribution in [-0.4, -0.2) is 35.7 Å². The van der Waals surface area contributed by atoms with Crippen LogP contribution in [0.2, 0.25) is 0 Å². The smallest absolute Gasteiger partial charge is 0.222 e. The van der Waals surface area contributed by atoms with Gasteiger partial charge in [0.2, 0.25) is 5.91 Å².